The van der Waals surface area contributed by atoms with Crippen LogP contribution in [-0.4, -0.2) is 28.4 Å². The number of amides is 1. The number of aromatic nitrogens is 2. The fourth-order valence-electron chi connectivity index (χ4n) is 4.66. The predicted octanol–water partition coefficient (Wildman–Crippen LogP) is 5.42. The molecule has 1 aliphatic heterocycles. The van der Waals surface area contributed by atoms with Gasteiger partial charge in [-0.15, -0.1) is 0 Å². The fraction of sp³-hybridized carbons (Fsp3) is 0.565. The third-order valence-corrected chi connectivity index (χ3v) is 6.55. The molecule has 0 bridgehead atoms. The van der Waals surface area contributed by atoms with Crippen LogP contribution < -0.4 is 10.6 Å². The first-order chi connectivity index (χ1) is 14.9. The standard InChI is InChI=1S/C23H29F3N4O/c1-2-15-8-10-17(11-9-15)19-12-20(23(24,25)26)30-21(29-19)18(14-28-30)22(31)27-13-16-6-4-3-5-7-16/h8-11,14,16,19-20,29H,2-7,12-13H2,1H3,(H,27,31)/t19-,20+/m1/s1. The van der Waals surface area contributed by atoms with Gasteiger partial charge in [-0.3, -0.25) is 4.79 Å². The first kappa shape index (κ1) is 21.7. The molecule has 2 aliphatic rings. The van der Waals surface area contributed by atoms with Crippen molar-refractivity contribution in [2.75, 3.05) is 11.9 Å². The largest absolute Gasteiger partial charge is 0.410 e. The first-order valence-electron chi connectivity index (χ1n) is 11.1. The zero-order valence-corrected chi connectivity index (χ0v) is 17.7. The topological polar surface area (TPSA) is 59.0 Å². The zero-order valence-electron chi connectivity index (χ0n) is 17.7. The van der Waals surface area contributed by atoms with E-state index in [4.69, 9.17) is 0 Å². The minimum absolute atomic E-state index is 0.138. The highest BCUT2D eigenvalue weighted by Crippen LogP contribution is 2.44. The summed E-state index contributed by atoms with van der Waals surface area (Å²) in [6.45, 7) is 2.58. The molecule has 1 aromatic heterocycles. The van der Waals surface area contributed by atoms with E-state index in [-0.39, 0.29) is 23.7 Å². The molecule has 0 spiro atoms. The summed E-state index contributed by atoms with van der Waals surface area (Å²) in [7, 11) is 0. The van der Waals surface area contributed by atoms with Crippen LogP contribution in [-0.2, 0) is 6.42 Å². The summed E-state index contributed by atoms with van der Waals surface area (Å²) in [4.78, 5) is 12.8. The van der Waals surface area contributed by atoms with Gasteiger partial charge in [0.25, 0.3) is 5.91 Å². The predicted molar refractivity (Wildman–Crippen MR) is 113 cm³/mol. The molecule has 1 aliphatic carbocycles. The maximum Gasteiger partial charge on any atom is 0.410 e. The van der Waals surface area contributed by atoms with Crippen LogP contribution in [0.1, 0.15) is 79.0 Å². The molecule has 1 aromatic carbocycles. The van der Waals surface area contributed by atoms with Crippen LogP contribution in [0, 0.1) is 5.92 Å². The van der Waals surface area contributed by atoms with E-state index in [2.05, 4.69) is 15.7 Å². The zero-order chi connectivity index (χ0) is 22.0. The number of hydrogen-bond acceptors (Lipinski definition) is 3. The lowest BCUT2D eigenvalue weighted by molar-refractivity contribution is -0.173. The molecule has 31 heavy (non-hydrogen) atoms. The molecular weight excluding hydrogens is 405 g/mol. The van der Waals surface area contributed by atoms with E-state index >= 15 is 0 Å². The highest BCUT2D eigenvalue weighted by Gasteiger charge is 2.47. The van der Waals surface area contributed by atoms with E-state index in [0.717, 1.165) is 47.9 Å². The number of hydrogen-bond donors (Lipinski definition) is 2. The maximum atomic E-state index is 13.8. The Labute approximate surface area is 180 Å². The number of alkyl halides is 3. The smallest absolute Gasteiger partial charge is 0.363 e. The second-order valence-electron chi connectivity index (χ2n) is 8.65. The van der Waals surface area contributed by atoms with Gasteiger partial charge in [0, 0.05) is 13.0 Å². The molecule has 4 rings (SSSR count). The van der Waals surface area contributed by atoms with Gasteiger partial charge in [0.1, 0.15) is 11.4 Å². The van der Waals surface area contributed by atoms with E-state index in [0.29, 0.717) is 12.5 Å². The molecule has 2 aromatic rings. The fourth-order valence-corrected chi connectivity index (χ4v) is 4.66. The molecule has 0 unspecified atom stereocenters. The Hall–Kier alpha value is -2.51. The van der Waals surface area contributed by atoms with Crippen molar-refractivity contribution in [2.45, 2.75) is 70.1 Å². The molecule has 0 radical (unpaired) electrons. The number of carbonyl (C=O) groups excluding carboxylic acids is 1. The number of nitrogens with one attached hydrogen (secondary N) is 2. The Bertz CT molecular complexity index is 901. The number of rotatable bonds is 5. The van der Waals surface area contributed by atoms with Gasteiger partial charge < -0.3 is 10.6 Å². The first-order valence-corrected chi connectivity index (χ1v) is 11.1. The lowest BCUT2D eigenvalue weighted by atomic mass is 9.89. The third-order valence-electron chi connectivity index (χ3n) is 6.55. The minimum Gasteiger partial charge on any atom is -0.363 e. The van der Waals surface area contributed by atoms with Gasteiger partial charge in [-0.1, -0.05) is 50.5 Å². The number of carbonyl (C=O) groups is 1. The summed E-state index contributed by atoms with van der Waals surface area (Å²) in [5, 5.41) is 10.0. The molecule has 1 saturated carbocycles. The number of halogens is 3. The lowest BCUT2D eigenvalue weighted by Gasteiger charge is -2.34. The van der Waals surface area contributed by atoms with Crippen molar-refractivity contribution in [2.24, 2.45) is 5.92 Å². The summed E-state index contributed by atoms with van der Waals surface area (Å²) >= 11 is 0. The van der Waals surface area contributed by atoms with Gasteiger partial charge in [0.05, 0.1) is 12.2 Å². The van der Waals surface area contributed by atoms with Gasteiger partial charge in [0.2, 0.25) is 0 Å². The highest BCUT2D eigenvalue weighted by molar-refractivity contribution is 5.98. The van der Waals surface area contributed by atoms with Gasteiger partial charge in [-0.25, -0.2) is 4.68 Å². The summed E-state index contributed by atoms with van der Waals surface area (Å²) in [6, 6.07) is 5.26. The van der Waals surface area contributed by atoms with Crippen molar-refractivity contribution in [1.29, 1.82) is 0 Å². The number of nitrogens with zero attached hydrogens (tertiary/aromatic N) is 2. The monoisotopic (exact) mass is 434 g/mol. The Balaban J connectivity index is 1.57. The number of benzene rings is 1. The van der Waals surface area contributed by atoms with Crippen LogP contribution in [0.15, 0.2) is 30.5 Å². The van der Waals surface area contributed by atoms with Gasteiger partial charge in [0.15, 0.2) is 6.04 Å². The van der Waals surface area contributed by atoms with E-state index in [1.54, 1.807) is 0 Å². The van der Waals surface area contributed by atoms with Gasteiger partial charge in [-0.2, -0.15) is 18.3 Å². The molecule has 1 fully saturated rings. The number of anilines is 1. The average molecular weight is 435 g/mol. The Morgan fingerprint density at radius 3 is 2.55 bits per heavy atom. The van der Waals surface area contributed by atoms with Crippen molar-refractivity contribution in [1.82, 2.24) is 15.1 Å². The van der Waals surface area contributed by atoms with E-state index in [1.165, 1.54) is 12.6 Å². The summed E-state index contributed by atoms with van der Waals surface area (Å²) < 4.78 is 42.4. The normalized spacial score (nSPS) is 21.9. The van der Waals surface area contributed by atoms with Crippen molar-refractivity contribution >= 4 is 11.7 Å². The summed E-state index contributed by atoms with van der Waals surface area (Å²) in [5.41, 5.74) is 2.06. The highest BCUT2D eigenvalue weighted by atomic mass is 19.4. The molecule has 8 heteroatoms. The number of fused-ring (bicyclic) bond motifs is 1. The molecule has 2 heterocycles. The van der Waals surface area contributed by atoms with Gasteiger partial charge >= 0.3 is 6.18 Å². The van der Waals surface area contributed by atoms with Crippen LogP contribution in [0.25, 0.3) is 0 Å². The van der Waals surface area contributed by atoms with Crippen LogP contribution in [0.4, 0.5) is 19.0 Å². The van der Waals surface area contributed by atoms with E-state index in [9.17, 15) is 18.0 Å². The van der Waals surface area contributed by atoms with Crippen molar-refractivity contribution in [3.05, 3.63) is 47.2 Å². The minimum atomic E-state index is -4.46. The lowest BCUT2D eigenvalue weighted by Crippen LogP contribution is -2.37. The van der Waals surface area contributed by atoms with Crippen LogP contribution in [0.2, 0.25) is 0 Å². The second-order valence-corrected chi connectivity index (χ2v) is 8.65. The molecule has 1 amide bonds. The molecular formula is C23H29F3N4O. The molecule has 5 nitrogen and oxygen atoms in total. The Morgan fingerprint density at radius 1 is 1.19 bits per heavy atom. The van der Waals surface area contributed by atoms with Crippen molar-refractivity contribution in [3.8, 4) is 0 Å². The second kappa shape index (κ2) is 8.93. The summed E-state index contributed by atoms with van der Waals surface area (Å²) in [5.74, 6) is 0.200. The Morgan fingerprint density at radius 2 is 1.90 bits per heavy atom. The molecule has 0 saturated heterocycles. The number of aryl methyl sites for hydroxylation is 1. The SMILES string of the molecule is CCc1ccc([C@H]2C[C@@H](C(F)(F)F)n3ncc(C(=O)NCC4CCCCC4)c3N2)cc1. The van der Waals surface area contributed by atoms with E-state index in [1.807, 2.05) is 31.2 Å². The van der Waals surface area contributed by atoms with Crippen LogP contribution >= 0.6 is 0 Å². The summed E-state index contributed by atoms with van der Waals surface area (Å²) in [6.07, 6.45) is 3.20. The maximum absolute atomic E-state index is 13.8. The average Bonchev–Trinajstić information content (AvgIpc) is 3.21. The van der Waals surface area contributed by atoms with Crippen LogP contribution in [0.3, 0.4) is 0 Å². The quantitative estimate of drug-likeness (QED) is 0.661. The Kier molecular flexibility index (Phi) is 6.25. The molecule has 2 atom stereocenters. The van der Waals surface area contributed by atoms with Gasteiger partial charge in [-0.05, 0) is 36.3 Å². The van der Waals surface area contributed by atoms with Crippen molar-refractivity contribution in [3.63, 3.8) is 0 Å². The molecule has 168 valence electrons. The van der Waals surface area contributed by atoms with Crippen molar-refractivity contribution < 1.29 is 18.0 Å². The van der Waals surface area contributed by atoms with Crippen LogP contribution in [0.5, 0.6) is 0 Å². The third kappa shape index (κ3) is 4.72. The van der Waals surface area contributed by atoms with E-state index < -0.39 is 18.3 Å². The molecule has 2 N–H and O–H groups in total.